The second kappa shape index (κ2) is 8.58. The third kappa shape index (κ3) is 4.78. The maximum absolute atomic E-state index is 13.0. The first kappa shape index (κ1) is 20.3. The SMILES string of the molecule is CC(=O)S[C@H](C(=O)N[C@H]1CCCC2SC[C@@H](C(C)=O)N2C1=O)C(C)C. The molecule has 8 heteroatoms. The van der Waals surface area contributed by atoms with Crippen molar-refractivity contribution in [1.29, 1.82) is 0 Å². The van der Waals surface area contributed by atoms with Gasteiger partial charge < -0.3 is 10.2 Å². The number of nitrogens with one attached hydrogen (secondary N) is 1. The minimum atomic E-state index is -0.619. The molecule has 0 spiro atoms. The highest BCUT2D eigenvalue weighted by molar-refractivity contribution is 8.14. The van der Waals surface area contributed by atoms with Gasteiger partial charge in [0.15, 0.2) is 10.9 Å². The predicted octanol–water partition coefficient (Wildman–Crippen LogP) is 1.82. The molecule has 0 aromatic rings. The summed E-state index contributed by atoms with van der Waals surface area (Å²) in [4.78, 5) is 50.5. The molecule has 0 aromatic heterocycles. The number of Topliss-reactive ketones (excluding diaryl/α,β-unsaturated/α-hetero) is 1. The molecule has 2 fully saturated rings. The van der Waals surface area contributed by atoms with Crippen LogP contribution >= 0.6 is 23.5 Å². The zero-order valence-corrected chi connectivity index (χ0v) is 16.7. The Morgan fingerprint density at radius 3 is 2.48 bits per heavy atom. The Bertz CT molecular complexity index is 567. The summed E-state index contributed by atoms with van der Waals surface area (Å²) < 4.78 is 0. The Hall–Kier alpha value is -1.02. The van der Waals surface area contributed by atoms with E-state index in [4.69, 9.17) is 0 Å². The molecule has 25 heavy (non-hydrogen) atoms. The van der Waals surface area contributed by atoms with Crippen molar-refractivity contribution in [2.45, 2.75) is 69.7 Å². The summed E-state index contributed by atoms with van der Waals surface area (Å²) in [7, 11) is 0. The highest BCUT2D eigenvalue weighted by Crippen LogP contribution is 2.36. The lowest BCUT2D eigenvalue weighted by Crippen LogP contribution is -2.54. The van der Waals surface area contributed by atoms with E-state index in [-0.39, 0.29) is 34.0 Å². The molecule has 2 saturated heterocycles. The first-order chi connectivity index (χ1) is 11.7. The molecule has 1 N–H and O–H groups in total. The Morgan fingerprint density at radius 2 is 1.92 bits per heavy atom. The van der Waals surface area contributed by atoms with E-state index in [2.05, 4.69) is 5.32 Å². The van der Waals surface area contributed by atoms with Gasteiger partial charge >= 0.3 is 0 Å². The molecule has 0 radical (unpaired) electrons. The fraction of sp³-hybridized carbons (Fsp3) is 0.765. The van der Waals surface area contributed by atoms with Gasteiger partial charge in [0.1, 0.15) is 12.1 Å². The molecular formula is C17H26N2O4S2. The van der Waals surface area contributed by atoms with Crippen LogP contribution in [-0.2, 0) is 19.2 Å². The van der Waals surface area contributed by atoms with Gasteiger partial charge in [-0.1, -0.05) is 25.6 Å². The van der Waals surface area contributed by atoms with Crippen LogP contribution < -0.4 is 5.32 Å². The summed E-state index contributed by atoms with van der Waals surface area (Å²) in [6.45, 7) is 6.72. The maximum atomic E-state index is 13.0. The molecule has 0 aliphatic carbocycles. The molecule has 1 unspecified atom stereocenters. The lowest BCUT2D eigenvalue weighted by atomic mass is 10.1. The van der Waals surface area contributed by atoms with Crippen LogP contribution in [0.1, 0.15) is 47.0 Å². The normalized spacial score (nSPS) is 27.6. The van der Waals surface area contributed by atoms with Crippen molar-refractivity contribution in [3.8, 4) is 0 Å². The van der Waals surface area contributed by atoms with Crippen molar-refractivity contribution in [1.82, 2.24) is 10.2 Å². The summed E-state index contributed by atoms with van der Waals surface area (Å²) in [5, 5.41) is 2.24. The maximum Gasteiger partial charge on any atom is 0.246 e. The first-order valence-corrected chi connectivity index (χ1v) is 10.6. The Labute approximate surface area is 157 Å². The standard InChI is InChI=1S/C17H26N2O4S2/c1-9(2)15(25-11(4)21)16(22)18-12-6-5-7-14-19(17(12)23)13(8-24-14)10(3)20/h9,12-15H,5-8H2,1-4H3,(H,18,22)/t12-,13-,14?,15-/m0/s1. The molecule has 2 rings (SSSR count). The van der Waals surface area contributed by atoms with Crippen molar-refractivity contribution in [3.63, 3.8) is 0 Å². The van der Waals surface area contributed by atoms with Crippen molar-refractivity contribution in [2.75, 3.05) is 5.75 Å². The molecular weight excluding hydrogens is 360 g/mol. The summed E-state index contributed by atoms with van der Waals surface area (Å²) >= 11 is 2.64. The van der Waals surface area contributed by atoms with Crippen molar-refractivity contribution < 1.29 is 19.2 Å². The van der Waals surface area contributed by atoms with E-state index in [0.29, 0.717) is 12.2 Å². The fourth-order valence-corrected chi connectivity index (χ4v) is 5.60. The minimum absolute atomic E-state index is 0.0116. The second-order valence-corrected chi connectivity index (χ2v) is 9.46. The lowest BCUT2D eigenvalue weighted by Gasteiger charge is -2.30. The van der Waals surface area contributed by atoms with Crippen LogP contribution in [0.3, 0.4) is 0 Å². The molecule has 0 saturated carbocycles. The Morgan fingerprint density at radius 1 is 1.24 bits per heavy atom. The zero-order chi connectivity index (χ0) is 18.7. The molecule has 2 heterocycles. The number of thioether (sulfide) groups is 2. The third-order valence-electron chi connectivity index (χ3n) is 4.53. The fourth-order valence-electron chi connectivity index (χ4n) is 3.25. The lowest BCUT2D eigenvalue weighted by molar-refractivity contribution is -0.141. The average Bonchev–Trinajstić information content (AvgIpc) is 2.88. The van der Waals surface area contributed by atoms with Gasteiger partial charge in [-0.05, 0) is 32.1 Å². The summed E-state index contributed by atoms with van der Waals surface area (Å²) in [6.07, 6.45) is 2.22. The van der Waals surface area contributed by atoms with E-state index in [1.807, 2.05) is 13.8 Å². The molecule has 2 aliphatic rings. The van der Waals surface area contributed by atoms with Gasteiger partial charge in [-0.15, -0.1) is 11.8 Å². The number of nitrogens with zero attached hydrogens (tertiary/aromatic N) is 1. The van der Waals surface area contributed by atoms with Crippen LogP contribution in [0.4, 0.5) is 0 Å². The van der Waals surface area contributed by atoms with E-state index < -0.39 is 17.3 Å². The minimum Gasteiger partial charge on any atom is -0.343 e. The third-order valence-corrected chi connectivity index (χ3v) is 7.23. The number of fused-ring (bicyclic) bond motifs is 1. The molecule has 140 valence electrons. The second-order valence-electron chi connectivity index (χ2n) is 6.93. The molecule has 4 atom stereocenters. The molecule has 2 amide bonds. The van der Waals surface area contributed by atoms with E-state index in [9.17, 15) is 19.2 Å². The van der Waals surface area contributed by atoms with Crippen LogP contribution in [0.2, 0.25) is 0 Å². The van der Waals surface area contributed by atoms with Gasteiger partial charge in [0.2, 0.25) is 11.8 Å². The monoisotopic (exact) mass is 386 g/mol. The summed E-state index contributed by atoms with van der Waals surface area (Å²) in [5.41, 5.74) is 0. The van der Waals surface area contributed by atoms with Crippen LogP contribution in [0.25, 0.3) is 0 Å². The highest BCUT2D eigenvalue weighted by Gasteiger charge is 2.44. The van der Waals surface area contributed by atoms with Gasteiger partial charge in [0.05, 0.1) is 10.6 Å². The van der Waals surface area contributed by atoms with Gasteiger partial charge in [-0.25, -0.2) is 0 Å². The van der Waals surface area contributed by atoms with Gasteiger partial charge in [0, 0.05) is 12.7 Å². The van der Waals surface area contributed by atoms with Crippen molar-refractivity contribution in [2.24, 2.45) is 5.92 Å². The predicted molar refractivity (Wildman–Crippen MR) is 100 cm³/mol. The Kier molecular flexibility index (Phi) is 6.96. The number of hydrogen-bond donors (Lipinski definition) is 1. The Balaban J connectivity index is 2.12. The van der Waals surface area contributed by atoms with Crippen molar-refractivity contribution >= 4 is 46.2 Å². The van der Waals surface area contributed by atoms with E-state index >= 15 is 0 Å². The van der Waals surface area contributed by atoms with Crippen LogP contribution in [-0.4, -0.2) is 56.1 Å². The van der Waals surface area contributed by atoms with E-state index in [1.54, 1.807) is 16.7 Å². The number of ketones is 1. The topological polar surface area (TPSA) is 83.6 Å². The summed E-state index contributed by atoms with van der Waals surface area (Å²) in [5.74, 6) is 0.147. The number of hydrogen-bond acceptors (Lipinski definition) is 6. The van der Waals surface area contributed by atoms with E-state index in [0.717, 1.165) is 24.6 Å². The molecule has 2 aliphatic heterocycles. The van der Waals surface area contributed by atoms with Crippen LogP contribution in [0, 0.1) is 5.92 Å². The summed E-state index contributed by atoms with van der Waals surface area (Å²) in [6, 6.07) is -1.01. The zero-order valence-electron chi connectivity index (χ0n) is 15.1. The first-order valence-electron chi connectivity index (χ1n) is 8.64. The number of rotatable bonds is 5. The molecule has 0 bridgehead atoms. The number of carbonyl (C=O) groups is 4. The van der Waals surface area contributed by atoms with Crippen LogP contribution in [0.5, 0.6) is 0 Å². The van der Waals surface area contributed by atoms with Gasteiger partial charge in [0.25, 0.3) is 0 Å². The van der Waals surface area contributed by atoms with Crippen LogP contribution in [0.15, 0.2) is 0 Å². The average molecular weight is 387 g/mol. The number of carbonyl (C=O) groups excluding carboxylic acids is 4. The largest absolute Gasteiger partial charge is 0.343 e. The highest BCUT2D eigenvalue weighted by atomic mass is 32.2. The molecule has 0 aromatic carbocycles. The molecule has 6 nitrogen and oxygen atoms in total. The quantitative estimate of drug-likeness (QED) is 0.776. The van der Waals surface area contributed by atoms with Gasteiger partial charge in [-0.2, -0.15) is 0 Å². The number of amides is 2. The van der Waals surface area contributed by atoms with E-state index in [1.165, 1.54) is 13.8 Å². The smallest absolute Gasteiger partial charge is 0.246 e. The van der Waals surface area contributed by atoms with Crippen molar-refractivity contribution in [3.05, 3.63) is 0 Å². The van der Waals surface area contributed by atoms with Gasteiger partial charge in [-0.3, -0.25) is 19.2 Å².